The quantitative estimate of drug-likeness (QED) is 0.239. The highest BCUT2D eigenvalue weighted by atomic mass is 32.2. The summed E-state index contributed by atoms with van der Waals surface area (Å²) in [6.07, 6.45) is 10.6. The molecule has 0 fully saturated rings. The predicted molar refractivity (Wildman–Crippen MR) is 143 cm³/mol. The molecule has 0 spiro atoms. The molecule has 0 heterocycles. The van der Waals surface area contributed by atoms with Gasteiger partial charge >= 0.3 is 6.09 Å². The van der Waals surface area contributed by atoms with E-state index >= 15 is 0 Å². The number of rotatable bonds is 13. The van der Waals surface area contributed by atoms with Crippen LogP contribution in [0, 0.1) is 12.3 Å². The van der Waals surface area contributed by atoms with Crippen LogP contribution < -0.4 is 10.6 Å². The van der Waals surface area contributed by atoms with E-state index in [0.717, 1.165) is 12.8 Å². The molecule has 0 bridgehead atoms. The van der Waals surface area contributed by atoms with Crippen LogP contribution in [0.4, 0.5) is 4.79 Å². The first-order valence-corrected chi connectivity index (χ1v) is 13.2. The Balaban J connectivity index is 3.44. The van der Waals surface area contributed by atoms with Crippen LogP contribution >= 0.6 is 11.8 Å². The molecule has 0 saturated carbocycles. The van der Waals surface area contributed by atoms with Crippen molar-refractivity contribution < 1.29 is 19.1 Å². The summed E-state index contributed by atoms with van der Waals surface area (Å²) in [5.41, 5.74) is 0.344. The Labute approximate surface area is 214 Å². The summed E-state index contributed by atoms with van der Waals surface area (Å²) >= 11 is 1.55. The number of unbranched alkanes of at least 4 members (excludes halogenated alkanes) is 1. The van der Waals surface area contributed by atoms with Gasteiger partial charge in [0.15, 0.2) is 0 Å². The Kier molecular flexibility index (Phi) is 13.0. The van der Waals surface area contributed by atoms with Crippen LogP contribution in [0.2, 0.25) is 0 Å². The number of benzene rings is 1. The average molecular weight is 502 g/mol. The van der Waals surface area contributed by atoms with Gasteiger partial charge in [-0.05, 0) is 57.3 Å². The lowest BCUT2D eigenvalue weighted by molar-refractivity contribution is -0.141. The smallest absolute Gasteiger partial charge is 0.408 e. The third kappa shape index (κ3) is 10.1. The molecule has 7 nitrogen and oxygen atoms in total. The molecule has 3 amide bonds. The zero-order chi connectivity index (χ0) is 26.4. The fourth-order valence-electron chi connectivity index (χ4n) is 3.41. The molecule has 0 aromatic heterocycles. The number of amides is 3. The maximum atomic E-state index is 13.9. The van der Waals surface area contributed by atoms with Gasteiger partial charge in [-0.15, -0.1) is 13.0 Å². The minimum absolute atomic E-state index is 0.0926. The van der Waals surface area contributed by atoms with Gasteiger partial charge in [0.2, 0.25) is 11.8 Å². The molecule has 192 valence electrons. The minimum Gasteiger partial charge on any atom is -0.444 e. The van der Waals surface area contributed by atoms with Gasteiger partial charge in [0.05, 0.1) is 0 Å². The van der Waals surface area contributed by atoms with Crippen molar-refractivity contribution in [1.82, 2.24) is 15.5 Å². The number of thioether (sulfide) groups is 1. The Morgan fingerprint density at radius 2 is 1.97 bits per heavy atom. The summed E-state index contributed by atoms with van der Waals surface area (Å²) in [6, 6.07) is 5.19. The summed E-state index contributed by atoms with van der Waals surface area (Å²) < 4.78 is 5.38. The van der Waals surface area contributed by atoms with Crippen LogP contribution in [0.25, 0.3) is 0 Å². The molecule has 0 aliphatic carbocycles. The van der Waals surface area contributed by atoms with Crippen molar-refractivity contribution in [3.05, 3.63) is 48.0 Å². The van der Waals surface area contributed by atoms with Gasteiger partial charge in [0.25, 0.3) is 0 Å². The summed E-state index contributed by atoms with van der Waals surface area (Å²) in [6.45, 7) is 11.6. The minimum atomic E-state index is -0.984. The molecule has 2 unspecified atom stereocenters. The molecular formula is C27H39N3O4S. The number of terminal acetylenes is 1. The molecule has 1 aromatic carbocycles. The van der Waals surface area contributed by atoms with Crippen molar-refractivity contribution in [3.8, 4) is 12.3 Å². The highest BCUT2D eigenvalue weighted by molar-refractivity contribution is 7.98. The number of ether oxygens (including phenoxy) is 1. The number of carbonyl (C=O) groups is 3. The zero-order valence-corrected chi connectivity index (χ0v) is 22.4. The average Bonchev–Trinajstić information content (AvgIpc) is 2.80. The molecule has 0 aliphatic heterocycles. The number of hydrogen-bond acceptors (Lipinski definition) is 5. The van der Waals surface area contributed by atoms with Gasteiger partial charge in [0, 0.05) is 18.7 Å². The predicted octanol–water partition coefficient (Wildman–Crippen LogP) is 4.29. The van der Waals surface area contributed by atoms with Crippen LogP contribution in [0.1, 0.15) is 64.1 Å². The molecule has 35 heavy (non-hydrogen) atoms. The lowest BCUT2D eigenvalue weighted by Gasteiger charge is -2.34. The standard InChI is InChI=1S/C27H39N3O4S/c1-8-11-17-28-24(31)23(21-15-13-12-14-20(21)10-3)30(18-9-2)25(32)22(16-19-35-7)29-26(33)34-27(4,5)6/h3,9,12-15,22-23H,2,8,11,16-19H2,1,4-7H3,(H,28,31)(H,29,33). The molecular weight excluding hydrogens is 462 g/mol. The second kappa shape index (κ2) is 15.2. The fraction of sp³-hybridized carbons (Fsp3) is 0.519. The second-order valence-corrected chi connectivity index (χ2v) is 10.0. The fourth-order valence-corrected chi connectivity index (χ4v) is 3.88. The van der Waals surface area contributed by atoms with Crippen molar-refractivity contribution in [3.63, 3.8) is 0 Å². The topological polar surface area (TPSA) is 87.7 Å². The number of hydrogen-bond donors (Lipinski definition) is 2. The van der Waals surface area contributed by atoms with Crippen molar-refractivity contribution >= 4 is 29.7 Å². The summed E-state index contributed by atoms with van der Waals surface area (Å²) in [5, 5.41) is 5.63. The van der Waals surface area contributed by atoms with Gasteiger partial charge in [-0.1, -0.05) is 43.5 Å². The van der Waals surface area contributed by atoms with Crippen molar-refractivity contribution in [1.29, 1.82) is 0 Å². The van der Waals surface area contributed by atoms with E-state index in [0.29, 0.717) is 29.8 Å². The van der Waals surface area contributed by atoms with E-state index in [1.807, 2.05) is 13.2 Å². The summed E-state index contributed by atoms with van der Waals surface area (Å²) in [4.78, 5) is 41.2. The Bertz CT molecular complexity index is 904. The first-order valence-electron chi connectivity index (χ1n) is 11.8. The number of nitrogens with one attached hydrogen (secondary N) is 2. The molecule has 2 atom stereocenters. The van der Waals surface area contributed by atoms with Crippen LogP contribution in [0.5, 0.6) is 0 Å². The van der Waals surface area contributed by atoms with E-state index in [1.54, 1.807) is 62.9 Å². The molecule has 2 N–H and O–H groups in total. The molecule has 8 heteroatoms. The lowest BCUT2D eigenvalue weighted by atomic mass is 9.97. The van der Waals surface area contributed by atoms with Crippen molar-refractivity contribution in [2.24, 2.45) is 0 Å². The summed E-state index contributed by atoms with van der Waals surface area (Å²) in [7, 11) is 0. The van der Waals surface area contributed by atoms with E-state index in [-0.39, 0.29) is 12.5 Å². The van der Waals surface area contributed by atoms with Crippen molar-refractivity contribution in [2.45, 2.75) is 64.6 Å². The first-order chi connectivity index (χ1) is 16.6. The number of nitrogens with zero attached hydrogens (tertiary/aromatic N) is 1. The van der Waals surface area contributed by atoms with Crippen LogP contribution in [-0.2, 0) is 14.3 Å². The SMILES string of the molecule is C#Cc1ccccc1C(C(=O)NCCCC)N(CC=C)C(=O)C(CCSC)NC(=O)OC(C)(C)C. The van der Waals surface area contributed by atoms with E-state index in [1.165, 1.54) is 4.90 Å². The van der Waals surface area contributed by atoms with Gasteiger partial charge in [-0.3, -0.25) is 9.59 Å². The summed E-state index contributed by atoms with van der Waals surface area (Å²) in [5.74, 6) is 2.50. The van der Waals surface area contributed by atoms with Crippen LogP contribution in [0.15, 0.2) is 36.9 Å². The Hall–Kier alpha value is -2.92. The molecule has 0 radical (unpaired) electrons. The van der Waals surface area contributed by atoms with E-state index < -0.39 is 29.7 Å². The van der Waals surface area contributed by atoms with Crippen molar-refractivity contribution in [2.75, 3.05) is 25.1 Å². The maximum Gasteiger partial charge on any atom is 0.408 e. The third-order valence-electron chi connectivity index (χ3n) is 5.01. The molecule has 0 aliphatic rings. The lowest BCUT2D eigenvalue weighted by Crippen LogP contribution is -2.53. The number of alkyl carbamates (subject to hydrolysis) is 1. The largest absolute Gasteiger partial charge is 0.444 e. The van der Waals surface area contributed by atoms with Gasteiger partial charge in [0.1, 0.15) is 17.7 Å². The zero-order valence-electron chi connectivity index (χ0n) is 21.6. The normalized spacial score (nSPS) is 12.6. The Morgan fingerprint density at radius 1 is 1.29 bits per heavy atom. The van der Waals surface area contributed by atoms with Gasteiger partial charge in [-0.25, -0.2) is 4.79 Å². The maximum absolute atomic E-state index is 13.9. The van der Waals surface area contributed by atoms with E-state index in [9.17, 15) is 14.4 Å². The van der Waals surface area contributed by atoms with E-state index in [4.69, 9.17) is 11.2 Å². The van der Waals surface area contributed by atoms with Crippen LogP contribution in [0.3, 0.4) is 0 Å². The second-order valence-electron chi connectivity index (χ2n) is 9.04. The highest BCUT2D eigenvalue weighted by Crippen LogP contribution is 2.26. The third-order valence-corrected chi connectivity index (χ3v) is 5.65. The van der Waals surface area contributed by atoms with Gasteiger partial charge < -0.3 is 20.3 Å². The molecule has 1 rings (SSSR count). The Morgan fingerprint density at radius 3 is 2.54 bits per heavy atom. The van der Waals surface area contributed by atoms with Crippen LogP contribution in [-0.4, -0.2) is 59.5 Å². The van der Waals surface area contributed by atoms with Gasteiger partial charge in [-0.2, -0.15) is 11.8 Å². The number of carbonyl (C=O) groups excluding carboxylic acids is 3. The molecule has 0 saturated heterocycles. The first kappa shape index (κ1) is 30.1. The monoisotopic (exact) mass is 501 g/mol. The van der Waals surface area contributed by atoms with E-state index in [2.05, 4.69) is 23.1 Å². The molecule has 1 aromatic rings. The highest BCUT2D eigenvalue weighted by Gasteiger charge is 2.36.